The number of hydrazine groups is 1. The van der Waals surface area contributed by atoms with E-state index in [4.69, 9.17) is 5.84 Å². The van der Waals surface area contributed by atoms with Crippen molar-refractivity contribution in [3.8, 4) is 0 Å². The van der Waals surface area contributed by atoms with Crippen LogP contribution in [0, 0.1) is 5.92 Å². The average molecular weight is 252 g/mol. The first-order chi connectivity index (χ1) is 8.03. The molecular formula is C12H23F3N2. The van der Waals surface area contributed by atoms with E-state index in [9.17, 15) is 13.2 Å². The Balaban J connectivity index is 2.40. The number of hydrogen-bond donors (Lipinski definition) is 2. The van der Waals surface area contributed by atoms with Crippen molar-refractivity contribution in [1.82, 2.24) is 5.43 Å². The fourth-order valence-electron chi connectivity index (χ4n) is 2.66. The molecule has 0 aromatic carbocycles. The molecule has 1 atom stereocenters. The van der Waals surface area contributed by atoms with E-state index in [-0.39, 0.29) is 12.5 Å². The van der Waals surface area contributed by atoms with Crippen molar-refractivity contribution in [3.05, 3.63) is 0 Å². The maximum atomic E-state index is 12.2. The Morgan fingerprint density at radius 3 is 2.06 bits per heavy atom. The molecule has 0 bridgehead atoms. The van der Waals surface area contributed by atoms with Crippen LogP contribution in [-0.2, 0) is 0 Å². The van der Waals surface area contributed by atoms with Crippen LogP contribution in [0.15, 0.2) is 0 Å². The minimum Gasteiger partial charge on any atom is -0.271 e. The molecule has 1 aliphatic rings. The van der Waals surface area contributed by atoms with Gasteiger partial charge in [-0.25, -0.2) is 0 Å². The van der Waals surface area contributed by atoms with E-state index in [2.05, 4.69) is 5.43 Å². The molecule has 102 valence electrons. The molecule has 0 heterocycles. The lowest BCUT2D eigenvalue weighted by Gasteiger charge is -2.28. The highest BCUT2D eigenvalue weighted by Crippen LogP contribution is 2.29. The fraction of sp³-hybridized carbons (Fsp3) is 1.00. The van der Waals surface area contributed by atoms with Crippen LogP contribution >= 0.6 is 0 Å². The molecule has 0 spiro atoms. The van der Waals surface area contributed by atoms with E-state index in [0.717, 1.165) is 25.7 Å². The van der Waals surface area contributed by atoms with Crippen LogP contribution in [0.2, 0.25) is 0 Å². The van der Waals surface area contributed by atoms with E-state index in [1.807, 2.05) is 0 Å². The number of alkyl halides is 3. The number of nitrogens with one attached hydrogen (secondary N) is 1. The van der Waals surface area contributed by atoms with Gasteiger partial charge in [0.25, 0.3) is 0 Å². The van der Waals surface area contributed by atoms with Gasteiger partial charge in [0, 0.05) is 12.5 Å². The van der Waals surface area contributed by atoms with Crippen molar-refractivity contribution in [2.75, 3.05) is 0 Å². The third kappa shape index (κ3) is 6.27. The second-order valence-corrected chi connectivity index (χ2v) is 5.03. The highest BCUT2D eigenvalue weighted by molar-refractivity contribution is 4.77. The van der Waals surface area contributed by atoms with Gasteiger partial charge in [0.05, 0.1) is 0 Å². The topological polar surface area (TPSA) is 38.0 Å². The summed E-state index contributed by atoms with van der Waals surface area (Å²) in [6.45, 7) is 0. The molecule has 0 amide bonds. The summed E-state index contributed by atoms with van der Waals surface area (Å²) in [6.07, 6.45) is 3.21. The van der Waals surface area contributed by atoms with Gasteiger partial charge in [-0.3, -0.25) is 11.3 Å². The van der Waals surface area contributed by atoms with Gasteiger partial charge in [-0.1, -0.05) is 32.1 Å². The van der Waals surface area contributed by atoms with E-state index in [1.165, 1.54) is 19.3 Å². The van der Waals surface area contributed by atoms with Gasteiger partial charge in [0.15, 0.2) is 0 Å². The molecule has 17 heavy (non-hydrogen) atoms. The van der Waals surface area contributed by atoms with Gasteiger partial charge in [0.1, 0.15) is 0 Å². The van der Waals surface area contributed by atoms with Crippen LogP contribution in [-0.4, -0.2) is 12.2 Å². The average Bonchev–Trinajstić information content (AvgIpc) is 2.19. The number of nitrogens with two attached hydrogens (primary N) is 1. The number of halogens is 3. The summed E-state index contributed by atoms with van der Waals surface area (Å²) in [5, 5.41) is 0. The largest absolute Gasteiger partial charge is 0.389 e. The Hall–Kier alpha value is -0.290. The predicted octanol–water partition coefficient (Wildman–Crippen LogP) is 3.52. The molecule has 1 saturated carbocycles. The molecular weight excluding hydrogens is 229 g/mol. The van der Waals surface area contributed by atoms with Crippen LogP contribution in [0.1, 0.15) is 57.8 Å². The number of rotatable bonds is 4. The summed E-state index contributed by atoms with van der Waals surface area (Å²) in [7, 11) is 0. The van der Waals surface area contributed by atoms with Crippen LogP contribution in [0.25, 0.3) is 0 Å². The molecule has 0 aromatic heterocycles. The van der Waals surface area contributed by atoms with Crippen molar-refractivity contribution < 1.29 is 13.2 Å². The zero-order valence-electron chi connectivity index (χ0n) is 10.2. The number of hydrogen-bond acceptors (Lipinski definition) is 2. The maximum absolute atomic E-state index is 12.2. The SMILES string of the molecule is NNC(CCC(F)(F)F)C1CCCCCCC1. The van der Waals surface area contributed by atoms with Gasteiger partial charge in [0.2, 0.25) is 0 Å². The van der Waals surface area contributed by atoms with Gasteiger partial charge < -0.3 is 0 Å². The second kappa shape index (κ2) is 7.21. The standard InChI is InChI=1S/C12H23F3N2/c13-12(14,15)9-8-11(17-16)10-6-4-2-1-3-5-7-10/h10-11,17H,1-9,16H2. The Morgan fingerprint density at radius 1 is 1.06 bits per heavy atom. The summed E-state index contributed by atoms with van der Waals surface area (Å²) in [4.78, 5) is 0. The maximum Gasteiger partial charge on any atom is 0.389 e. The minimum atomic E-state index is -4.07. The van der Waals surface area contributed by atoms with Crippen LogP contribution < -0.4 is 11.3 Å². The van der Waals surface area contributed by atoms with E-state index in [1.54, 1.807) is 0 Å². The first-order valence-electron chi connectivity index (χ1n) is 6.56. The molecule has 0 radical (unpaired) electrons. The van der Waals surface area contributed by atoms with Gasteiger partial charge >= 0.3 is 6.18 Å². The quantitative estimate of drug-likeness (QED) is 0.593. The summed E-state index contributed by atoms with van der Waals surface area (Å²) in [5.74, 6) is 5.71. The highest BCUT2D eigenvalue weighted by Gasteiger charge is 2.30. The Morgan fingerprint density at radius 2 is 1.59 bits per heavy atom. The Bertz CT molecular complexity index is 198. The molecule has 0 saturated heterocycles. The van der Waals surface area contributed by atoms with Crippen LogP contribution in [0.5, 0.6) is 0 Å². The molecule has 5 heteroatoms. The lowest BCUT2D eigenvalue weighted by Crippen LogP contribution is -2.41. The van der Waals surface area contributed by atoms with Crippen molar-refractivity contribution in [2.45, 2.75) is 70.0 Å². The predicted molar refractivity (Wildman–Crippen MR) is 62.2 cm³/mol. The molecule has 1 rings (SSSR count). The third-order valence-corrected chi connectivity index (χ3v) is 3.67. The fourth-order valence-corrected chi connectivity index (χ4v) is 2.66. The minimum absolute atomic E-state index is 0.102. The molecule has 3 N–H and O–H groups in total. The monoisotopic (exact) mass is 252 g/mol. The van der Waals surface area contributed by atoms with Crippen molar-refractivity contribution in [2.24, 2.45) is 11.8 Å². The molecule has 1 aliphatic carbocycles. The molecule has 1 unspecified atom stereocenters. The molecule has 2 nitrogen and oxygen atoms in total. The molecule has 0 aliphatic heterocycles. The molecule has 1 fully saturated rings. The van der Waals surface area contributed by atoms with Crippen molar-refractivity contribution in [1.29, 1.82) is 0 Å². The zero-order valence-corrected chi connectivity index (χ0v) is 10.2. The van der Waals surface area contributed by atoms with Crippen molar-refractivity contribution in [3.63, 3.8) is 0 Å². The summed E-state index contributed by atoms with van der Waals surface area (Å²) in [5.41, 5.74) is 2.59. The smallest absolute Gasteiger partial charge is 0.271 e. The second-order valence-electron chi connectivity index (χ2n) is 5.03. The summed E-state index contributed by atoms with van der Waals surface area (Å²) < 4.78 is 36.6. The van der Waals surface area contributed by atoms with Crippen LogP contribution in [0.3, 0.4) is 0 Å². The zero-order chi connectivity index (χ0) is 12.7. The molecule has 0 aromatic rings. The Kier molecular flexibility index (Phi) is 6.27. The summed E-state index contributed by atoms with van der Waals surface area (Å²) in [6, 6.07) is -0.185. The van der Waals surface area contributed by atoms with E-state index < -0.39 is 12.6 Å². The van der Waals surface area contributed by atoms with E-state index in [0.29, 0.717) is 5.92 Å². The first-order valence-corrected chi connectivity index (χ1v) is 6.56. The van der Waals surface area contributed by atoms with Gasteiger partial charge in [-0.05, 0) is 25.2 Å². The summed E-state index contributed by atoms with van der Waals surface area (Å²) >= 11 is 0. The highest BCUT2D eigenvalue weighted by atomic mass is 19.4. The first kappa shape index (κ1) is 14.8. The van der Waals surface area contributed by atoms with E-state index >= 15 is 0 Å². The van der Waals surface area contributed by atoms with Crippen molar-refractivity contribution >= 4 is 0 Å². The van der Waals surface area contributed by atoms with Gasteiger partial charge in [-0.15, -0.1) is 0 Å². The third-order valence-electron chi connectivity index (χ3n) is 3.67. The Labute approximate surface area is 101 Å². The lowest BCUT2D eigenvalue weighted by molar-refractivity contribution is -0.137. The van der Waals surface area contributed by atoms with Crippen LogP contribution in [0.4, 0.5) is 13.2 Å². The van der Waals surface area contributed by atoms with Gasteiger partial charge in [-0.2, -0.15) is 13.2 Å². The lowest BCUT2D eigenvalue weighted by atomic mass is 9.84. The normalized spacial score (nSPS) is 21.9.